The lowest BCUT2D eigenvalue weighted by atomic mass is 9.86. The second-order valence-corrected chi connectivity index (χ2v) is 7.85. The number of carbonyl (C=O) groups excluding carboxylic acids is 1. The first kappa shape index (κ1) is 19.3. The summed E-state index contributed by atoms with van der Waals surface area (Å²) in [7, 11) is 0. The number of benzene rings is 4. The number of hydrogen-bond acceptors (Lipinski definition) is 3. The van der Waals surface area contributed by atoms with Gasteiger partial charge in [0.15, 0.2) is 0 Å². The topological polar surface area (TPSA) is 41.5 Å². The fourth-order valence-corrected chi connectivity index (χ4v) is 4.11. The van der Waals surface area contributed by atoms with Crippen LogP contribution in [0.5, 0.6) is 0 Å². The zero-order chi connectivity index (χ0) is 21.3. The Morgan fingerprint density at radius 1 is 0.774 bits per heavy atom. The average Bonchev–Trinajstić information content (AvgIpc) is 2.84. The van der Waals surface area contributed by atoms with E-state index in [1.165, 1.54) is 0 Å². The van der Waals surface area contributed by atoms with Crippen molar-refractivity contribution >= 4 is 28.8 Å². The minimum atomic E-state index is -1.30. The van der Waals surface area contributed by atoms with Crippen LogP contribution in [0.1, 0.15) is 27.0 Å². The van der Waals surface area contributed by atoms with E-state index in [0.717, 1.165) is 28.1 Å². The lowest BCUT2D eigenvalue weighted by Crippen LogP contribution is -2.45. The van der Waals surface area contributed by atoms with Crippen LogP contribution in [0.4, 0.5) is 5.69 Å². The van der Waals surface area contributed by atoms with E-state index in [1.54, 1.807) is 0 Å². The number of anilines is 1. The third-order valence-corrected chi connectivity index (χ3v) is 5.67. The monoisotopic (exact) mass is 422 g/mol. The van der Waals surface area contributed by atoms with Crippen molar-refractivity contribution in [3.05, 3.63) is 136 Å². The maximum atomic E-state index is 14.0. The Morgan fingerprint density at radius 3 is 2.06 bits per heavy atom. The number of rotatable bonds is 4. The summed E-state index contributed by atoms with van der Waals surface area (Å²) in [6, 6.07) is 34.4. The Morgan fingerprint density at radius 2 is 1.39 bits per heavy atom. The molecule has 0 amide bonds. The van der Waals surface area contributed by atoms with Crippen LogP contribution in [0, 0.1) is 0 Å². The Kier molecular flexibility index (Phi) is 4.89. The zero-order valence-electron chi connectivity index (χ0n) is 16.6. The third kappa shape index (κ3) is 3.43. The molecule has 1 aliphatic heterocycles. The molecule has 150 valence electrons. The van der Waals surface area contributed by atoms with Crippen LogP contribution in [-0.2, 0) is 5.66 Å². The molecule has 1 heterocycles. The lowest BCUT2D eigenvalue weighted by Gasteiger charge is -2.36. The highest BCUT2D eigenvalue weighted by atomic mass is 35.5. The SMILES string of the molecule is O=C(c1ccccc1)C1(c2ccccc2)N=C(c2ccccc2)c2cc(Cl)ccc2N1. The van der Waals surface area contributed by atoms with Gasteiger partial charge < -0.3 is 5.32 Å². The van der Waals surface area contributed by atoms with Gasteiger partial charge in [0, 0.05) is 33.0 Å². The van der Waals surface area contributed by atoms with Gasteiger partial charge in [-0.15, -0.1) is 0 Å². The Bertz CT molecular complexity index is 1270. The molecule has 31 heavy (non-hydrogen) atoms. The van der Waals surface area contributed by atoms with Gasteiger partial charge in [-0.1, -0.05) is 103 Å². The molecular weight excluding hydrogens is 404 g/mol. The van der Waals surface area contributed by atoms with Gasteiger partial charge >= 0.3 is 0 Å². The molecule has 5 rings (SSSR count). The second-order valence-electron chi connectivity index (χ2n) is 7.41. The van der Waals surface area contributed by atoms with Crippen LogP contribution >= 0.6 is 11.6 Å². The molecule has 4 aromatic rings. The predicted molar refractivity (Wildman–Crippen MR) is 126 cm³/mol. The van der Waals surface area contributed by atoms with E-state index in [2.05, 4.69) is 5.32 Å². The first-order chi connectivity index (χ1) is 15.2. The van der Waals surface area contributed by atoms with Crippen LogP contribution < -0.4 is 5.32 Å². The van der Waals surface area contributed by atoms with E-state index >= 15 is 0 Å². The number of hydrogen-bond donors (Lipinski definition) is 1. The van der Waals surface area contributed by atoms with Crippen molar-refractivity contribution in [1.29, 1.82) is 0 Å². The summed E-state index contributed by atoms with van der Waals surface area (Å²) < 4.78 is 0. The van der Waals surface area contributed by atoms with Crippen LogP contribution in [-0.4, -0.2) is 11.5 Å². The van der Waals surface area contributed by atoms with E-state index in [9.17, 15) is 4.79 Å². The molecule has 0 aliphatic carbocycles. The van der Waals surface area contributed by atoms with Crippen molar-refractivity contribution in [2.75, 3.05) is 5.32 Å². The Labute approximate surface area is 186 Å². The molecule has 3 nitrogen and oxygen atoms in total. The molecule has 1 N–H and O–H groups in total. The molecule has 1 unspecified atom stereocenters. The smallest absolute Gasteiger partial charge is 0.220 e. The van der Waals surface area contributed by atoms with Gasteiger partial charge in [-0.2, -0.15) is 0 Å². The molecule has 0 radical (unpaired) electrons. The van der Waals surface area contributed by atoms with Gasteiger partial charge in [0.2, 0.25) is 11.4 Å². The van der Waals surface area contributed by atoms with Gasteiger partial charge in [-0.3, -0.25) is 4.79 Å². The van der Waals surface area contributed by atoms with Gasteiger partial charge in [-0.25, -0.2) is 4.99 Å². The average molecular weight is 423 g/mol. The normalized spacial score (nSPS) is 17.3. The first-order valence-electron chi connectivity index (χ1n) is 10.1. The molecule has 1 atom stereocenters. The number of halogens is 1. The van der Waals surface area contributed by atoms with Crippen molar-refractivity contribution in [3.8, 4) is 0 Å². The molecule has 0 aromatic heterocycles. The highest BCUT2D eigenvalue weighted by molar-refractivity contribution is 6.32. The number of aliphatic imine (C=N–C) groups is 1. The van der Waals surface area contributed by atoms with Crippen LogP contribution in [0.25, 0.3) is 0 Å². The molecule has 0 saturated carbocycles. The Hall–Kier alpha value is -3.69. The van der Waals surface area contributed by atoms with E-state index < -0.39 is 5.66 Å². The number of ketones is 1. The second kappa shape index (κ2) is 7.86. The minimum absolute atomic E-state index is 0.117. The third-order valence-electron chi connectivity index (χ3n) is 5.44. The van der Waals surface area contributed by atoms with Crippen LogP contribution in [0.3, 0.4) is 0 Å². The van der Waals surface area contributed by atoms with Crippen molar-refractivity contribution in [3.63, 3.8) is 0 Å². The number of nitrogens with zero attached hydrogens (tertiary/aromatic N) is 1. The van der Waals surface area contributed by atoms with Gasteiger partial charge in [-0.05, 0) is 18.2 Å². The van der Waals surface area contributed by atoms with Crippen molar-refractivity contribution in [2.24, 2.45) is 4.99 Å². The highest BCUT2D eigenvalue weighted by Gasteiger charge is 2.44. The van der Waals surface area contributed by atoms with Gasteiger partial charge in [0.1, 0.15) is 0 Å². The molecule has 4 aromatic carbocycles. The van der Waals surface area contributed by atoms with Gasteiger partial charge in [0.25, 0.3) is 0 Å². The first-order valence-corrected chi connectivity index (χ1v) is 10.4. The highest BCUT2D eigenvalue weighted by Crippen LogP contribution is 2.39. The summed E-state index contributed by atoms with van der Waals surface area (Å²) in [5.74, 6) is -0.117. The van der Waals surface area contributed by atoms with E-state index in [-0.39, 0.29) is 5.78 Å². The lowest BCUT2D eigenvalue weighted by molar-refractivity contribution is 0.0908. The standard InChI is InChI=1S/C27H19ClN2O/c28-22-16-17-24-23(18-22)25(19-10-4-1-5-11-19)30-27(29-24,21-14-8-3-9-15-21)26(31)20-12-6-2-7-13-20/h1-18,29H. The summed E-state index contributed by atoms with van der Waals surface area (Å²) in [6.07, 6.45) is 0. The maximum Gasteiger partial charge on any atom is 0.220 e. The summed E-state index contributed by atoms with van der Waals surface area (Å²) in [4.78, 5) is 19.1. The number of carbonyl (C=O) groups is 1. The molecule has 1 aliphatic rings. The predicted octanol–water partition coefficient (Wildman–Crippen LogP) is 6.34. The fourth-order valence-electron chi connectivity index (χ4n) is 3.94. The van der Waals surface area contributed by atoms with E-state index in [1.807, 2.05) is 109 Å². The number of fused-ring (bicyclic) bond motifs is 1. The van der Waals surface area contributed by atoms with Gasteiger partial charge in [0.05, 0.1) is 5.71 Å². The molecule has 0 saturated heterocycles. The fraction of sp³-hybridized carbons (Fsp3) is 0.0370. The number of Topliss-reactive ketones (excluding diaryl/α,β-unsaturated/α-hetero) is 1. The van der Waals surface area contributed by atoms with E-state index in [0.29, 0.717) is 10.6 Å². The van der Waals surface area contributed by atoms with Crippen molar-refractivity contribution in [1.82, 2.24) is 0 Å². The largest absolute Gasteiger partial charge is 0.350 e. The zero-order valence-corrected chi connectivity index (χ0v) is 17.4. The van der Waals surface area contributed by atoms with Crippen LogP contribution in [0.2, 0.25) is 5.02 Å². The minimum Gasteiger partial charge on any atom is -0.350 e. The summed E-state index contributed by atoms with van der Waals surface area (Å²) in [5.41, 5.74) is 3.40. The van der Waals surface area contributed by atoms with Crippen molar-refractivity contribution < 1.29 is 4.79 Å². The molecular formula is C27H19ClN2O. The van der Waals surface area contributed by atoms with E-state index in [4.69, 9.17) is 16.6 Å². The van der Waals surface area contributed by atoms with Crippen molar-refractivity contribution in [2.45, 2.75) is 5.66 Å². The molecule has 0 spiro atoms. The molecule has 0 fully saturated rings. The Balaban J connectivity index is 1.81. The summed E-state index contributed by atoms with van der Waals surface area (Å²) in [5, 5.41) is 4.07. The maximum absolute atomic E-state index is 14.0. The summed E-state index contributed by atoms with van der Waals surface area (Å²) in [6.45, 7) is 0. The molecule has 4 heteroatoms. The number of nitrogens with one attached hydrogen (secondary N) is 1. The van der Waals surface area contributed by atoms with Crippen LogP contribution in [0.15, 0.2) is 114 Å². The quantitative estimate of drug-likeness (QED) is 0.390. The molecule has 0 bridgehead atoms. The summed E-state index contributed by atoms with van der Waals surface area (Å²) >= 11 is 6.33.